The highest BCUT2D eigenvalue weighted by molar-refractivity contribution is 5.86. The molecule has 1 aromatic heterocycles. The number of aliphatic imine (C=N–C) groups is 1. The van der Waals surface area contributed by atoms with Gasteiger partial charge in [-0.15, -0.1) is 5.10 Å². The number of ether oxygens (including phenoxy) is 1. The average Bonchev–Trinajstić information content (AvgIpc) is 3.33. The van der Waals surface area contributed by atoms with Gasteiger partial charge >= 0.3 is 0 Å². The van der Waals surface area contributed by atoms with Crippen molar-refractivity contribution in [2.45, 2.75) is 51.0 Å². The van der Waals surface area contributed by atoms with Crippen LogP contribution in [0.1, 0.15) is 38.8 Å². The number of aromatic nitrogens is 3. The van der Waals surface area contributed by atoms with Crippen LogP contribution in [0.3, 0.4) is 0 Å². The number of carbonyl (C=O) groups excluding carboxylic acids is 1. The summed E-state index contributed by atoms with van der Waals surface area (Å²) in [6.07, 6.45) is 3.77. The topological polar surface area (TPSA) is 140 Å². The van der Waals surface area contributed by atoms with Crippen molar-refractivity contribution in [3.05, 3.63) is 30.0 Å². The summed E-state index contributed by atoms with van der Waals surface area (Å²) in [5.74, 6) is 1.08. The second-order valence-electron chi connectivity index (χ2n) is 8.43. The molecule has 1 amide bonds. The van der Waals surface area contributed by atoms with Crippen LogP contribution in [-0.2, 0) is 4.79 Å². The number of hydrogen-bond acceptors (Lipinski definition) is 8. The summed E-state index contributed by atoms with van der Waals surface area (Å²) >= 11 is 0. The molecule has 2 heterocycles. The number of amides is 1. The number of nitrogens with two attached hydrogens (primary N) is 1. The normalized spacial score (nSPS) is 23.1. The van der Waals surface area contributed by atoms with E-state index in [0.717, 1.165) is 30.8 Å². The number of aliphatic hydroxyl groups is 1. The monoisotopic (exact) mass is 413 g/mol. The molecule has 5 N–H and O–H groups in total. The number of hydrogen-bond donors (Lipinski definition) is 4. The molecule has 3 unspecified atom stereocenters. The summed E-state index contributed by atoms with van der Waals surface area (Å²) in [6.45, 7) is 3.59. The maximum Gasteiger partial charge on any atom is 0.220 e. The Hall–Kier alpha value is -2.98. The summed E-state index contributed by atoms with van der Waals surface area (Å²) in [6, 6.07) is 7.57. The van der Waals surface area contributed by atoms with Crippen molar-refractivity contribution in [2.75, 3.05) is 11.9 Å². The van der Waals surface area contributed by atoms with Gasteiger partial charge in [-0.05, 0) is 57.4 Å². The minimum absolute atomic E-state index is 0.0741. The summed E-state index contributed by atoms with van der Waals surface area (Å²) in [5.41, 5.74) is 5.99. The molecular formula is C20H27N7O3. The Morgan fingerprint density at radius 2 is 2.13 bits per heavy atom. The minimum Gasteiger partial charge on any atom is -0.491 e. The lowest BCUT2D eigenvalue weighted by Gasteiger charge is -2.24. The first-order valence-corrected chi connectivity index (χ1v) is 10.0. The molecule has 3 atom stereocenters. The van der Waals surface area contributed by atoms with Gasteiger partial charge in [0.15, 0.2) is 12.1 Å². The molecule has 1 aromatic carbocycles. The molecule has 30 heavy (non-hydrogen) atoms. The lowest BCUT2D eigenvalue weighted by atomic mass is 10.1. The van der Waals surface area contributed by atoms with Crippen molar-refractivity contribution in [3.8, 4) is 11.4 Å². The molecule has 0 spiro atoms. The lowest BCUT2D eigenvalue weighted by molar-refractivity contribution is -0.121. The number of rotatable bonds is 7. The van der Waals surface area contributed by atoms with Gasteiger partial charge in [0, 0.05) is 12.0 Å². The molecule has 0 bridgehead atoms. The molecular weight excluding hydrogens is 386 g/mol. The number of fused-ring (bicyclic) bond motifs is 1. The van der Waals surface area contributed by atoms with Crippen molar-refractivity contribution in [3.63, 3.8) is 0 Å². The Morgan fingerprint density at radius 1 is 1.37 bits per heavy atom. The van der Waals surface area contributed by atoms with Gasteiger partial charge in [0.1, 0.15) is 18.1 Å². The summed E-state index contributed by atoms with van der Waals surface area (Å²) in [7, 11) is 0. The second-order valence-corrected chi connectivity index (χ2v) is 8.43. The highest BCUT2D eigenvalue weighted by Crippen LogP contribution is 2.27. The Bertz CT molecular complexity index is 933. The molecule has 10 nitrogen and oxygen atoms in total. The molecule has 0 saturated heterocycles. The van der Waals surface area contributed by atoms with E-state index < -0.39 is 5.60 Å². The van der Waals surface area contributed by atoms with Crippen molar-refractivity contribution in [2.24, 2.45) is 16.6 Å². The van der Waals surface area contributed by atoms with E-state index in [1.165, 1.54) is 0 Å². The van der Waals surface area contributed by atoms with Crippen LogP contribution in [0.5, 0.6) is 5.75 Å². The smallest absolute Gasteiger partial charge is 0.220 e. The maximum absolute atomic E-state index is 11.4. The van der Waals surface area contributed by atoms with E-state index >= 15 is 0 Å². The van der Waals surface area contributed by atoms with Gasteiger partial charge in [-0.1, -0.05) is 5.21 Å². The zero-order chi connectivity index (χ0) is 21.3. The van der Waals surface area contributed by atoms with Crippen molar-refractivity contribution in [1.82, 2.24) is 20.3 Å². The third kappa shape index (κ3) is 4.60. The van der Waals surface area contributed by atoms with E-state index in [1.807, 2.05) is 24.3 Å². The quantitative estimate of drug-likeness (QED) is 0.526. The first-order chi connectivity index (χ1) is 14.3. The number of anilines is 1. The SMILES string of the molecule is CC(C)(O)COc1ccc(-n2nnc3c2NC(NC2CCC(C(N)=O)C2)N=C3)cc1. The Labute approximate surface area is 174 Å². The van der Waals surface area contributed by atoms with Crippen LogP contribution in [0, 0.1) is 5.92 Å². The molecule has 10 heteroatoms. The Kier molecular flexibility index (Phi) is 5.44. The number of benzene rings is 1. The van der Waals surface area contributed by atoms with Crippen LogP contribution in [0.2, 0.25) is 0 Å². The molecule has 160 valence electrons. The summed E-state index contributed by atoms with van der Waals surface area (Å²) in [5, 5.41) is 24.9. The molecule has 1 aliphatic carbocycles. The van der Waals surface area contributed by atoms with Gasteiger partial charge in [0.05, 0.1) is 17.5 Å². The largest absolute Gasteiger partial charge is 0.491 e. The number of primary amides is 1. The fourth-order valence-corrected chi connectivity index (χ4v) is 3.65. The van der Waals surface area contributed by atoms with Crippen LogP contribution in [0.4, 0.5) is 5.82 Å². The van der Waals surface area contributed by atoms with Crippen molar-refractivity contribution < 1.29 is 14.6 Å². The van der Waals surface area contributed by atoms with Crippen LogP contribution in [0.15, 0.2) is 29.3 Å². The molecule has 2 aromatic rings. The Balaban J connectivity index is 1.42. The van der Waals surface area contributed by atoms with E-state index in [1.54, 1.807) is 24.7 Å². The lowest BCUT2D eigenvalue weighted by Crippen LogP contribution is -2.43. The van der Waals surface area contributed by atoms with E-state index in [2.05, 4.69) is 25.9 Å². The Morgan fingerprint density at radius 3 is 2.80 bits per heavy atom. The molecule has 2 aliphatic rings. The van der Waals surface area contributed by atoms with Crippen LogP contribution >= 0.6 is 0 Å². The fourth-order valence-electron chi connectivity index (χ4n) is 3.65. The van der Waals surface area contributed by atoms with Gasteiger partial charge in [0.2, 0.25) is 5.91 Å². The highest BCUT2D eigenvalue weighted by atomic mass is 16.5. The van der Waals surface area contributed by atoms with E-state index in [0.29, 0.717) is 11.4 Å². The zero-order valence-electron chi connectivity index (χ0n) is 17.1. The molecule has 1 saturated carbocycles. The van der Waals surface area contributed by atoms with E-state index in [4.69, 9.17) is 10.5 Å². The predicted molar refractivity (Wildman–Crippen MR) is 112 cm³/mol. The second kappa shape index (κ2) is 8.04. The third-order valence-corrected chi connectivity index (χ3v) is 5.22. The van der Waals surface area contributed by atoms with Gasteiger partial charge < -0.3 is 20.9 Å². The summed E-state index contributed by atoms with van der Waals surface area (Å²) in [4.78, 5) is 15.8. The molecule has 4 rings (SSSR count). The van der Waals surface area contributed by atoms with Gasteiger partial charge in [-0.2, -0.15) is 4.68 Å². The molecule has 1 fully saturated rings. The first-order valence-electron chi connectivity index (χ1n) is 10.0. The zero-order valence-corrected chi connectivity index (χ0v) is 17.1. The molecule has 0 radical (unpaired) electrons. The molecule has 1 aliphatic heterocycles. The first kappa shape index (κ1) is 20.3. The van der Waals surface area contributed by atoms with Crippen molar-refractivity contribution >= 4 is 17.9 Å². The van der Waals surface area contributed by atoms with E-state index in [9.17, 15) is 9.90 Å². The van der Waals surface area contributed by atoms with Gasteiger partial charge in [0.25, 0.3) is 0 Å². The standard InChI is InChI=1S/C20H27N7O3/c1-20(2,29)11-30-15-7-5-14(6-8-15)27-18-16(25-26-27)10-22-19(24-18)23-13-4-3-12(9-13)17(21)28/h5-8,10,12-13,19,23-24,29H,3-4,9,11H2,1-2H3,(H2,21,28). The number of nitrogens with one attached hydrogen (secondary N) is 2. The van der Waals surface area contributed by atoms with Crippen molar-refractivity contribution in [1.29, 1.82) is 0 Å². The number of nitrogens with zero attached hydrogens (tertiary/aromatic N) is 4. The van der Waals surface area contributed by atoms with Crippen LogP contribution in [-0.4, -0.2) is 56.8 Å². The number of carbonyl (C=O) groups is 1. The van der Waals surface area contributed by atoms with Crippen LogP contribution < -0.4 is 21.1 Å². The van der Waals surface area contributed by atoms with Gasteiger partial charge in [-0.25, -0.2) is 0 Å². The minimum atomic E-state index is -0.897. The van der Waals surface area contributed by atoms with E-state index in [-0.39, 0.29) is 30.8 Å². The van der Waals surface area contributed by atoms with Gasteiger partial charge in [-0.3, -0.25) is 15.1 Å². The third-order valence-electron chi connectivity index (χ3n) is 5.22. The average molecular weight is 413 g/mol. The van der Waals surface area contributed by atoms with Crippen LogP contribution in [0.25, 0.3) is 5.69 Å². The highest BCUT2D eigenvalue weighted by Gasteiger charge is 2.31. The predicted octanol–water partition coefficient (Wildman–Crippen LogP) is 0.789. The fraction of sp³-hybridized carbons (Fsp3) is 0.500. The summed E-state index contributed by atoms with van der Waals surface area (Å²) < 4.78 is 7.30. The maximum atomic E-state index is 11.4.